The van der Waals surface area contributed by atoms with Gasteiger partial charge < -0.3 is 5.32 Å². The number of aromatic nitrogens is 1. The van der Waals surface area contributed by atoms with E-state index in [2.05, 4.69) is 15.0 Å². The summed E-state index contributed by atoms with van der Waals surface area (Å²) in [5.74, 6) is 0. The topological polar surface area (TPSA) is 71.1 Å². The van der Waals surface area contributed by atoms with Crippen molar-refractivity contribution in [1.82, 2.24) is 9.71 Å². The monoisotopic (exact) mass is 323 g/mol. The molecule has 0 unspecified atom stereocenters. The molecule has 0 radical (unpaired) electrons. The van der Waals surface area contributed by atoms with Crippen LogP contribution in [0.2, 0.25) is 0 Å². The Balaban J connectivity index is 1.56. The standard InChI is InChI=1S/C14H17N3O2S2/c18-21(19,17-12-1-2-12)13-5-3-11(4-6-13)15-8-7-14-16-9-10-20-14/h3-6,9-10,12,15,17H,1-2,7-8H2. The van der Waals surface area contributed by atoms with E-state index in [1.165, 1.54) is 0 Å². The van der Waals surface area contributed by atoms with Gasteiger partial charge in [0.05, 0.1) is 9.90 Å². The molecule has 0 atom stereocenters. The molecule has 2 N–H and O–H groups in total. The Morgan fingerprint density at radius 1 is 1.24 bits per heavy atom. The molecule has 0 aliphatic heterocycles. The minimum absolute atomic E-state index is 0.131. The third-order valence-corrected chi connectivity index (χ3v) is 5.59. The van der Waals surface area contributed by atoms with Gasteiger partial charge in [-0.25, -0.2) is 18.1 Å². The van der Waals surface area contributed by atoms with Gasteiger partial charge in [0.15, 0.2) is 0 Å². The first-order valence-electron chi connectivity index (χ1n) is 6.88. The lowest BCUT2D eigenvalue weighted by atomic mass is 10.3. The minimum atomic E-state index is -3.36. The lowest BCUT2D eigenvalue weighted by molar-refractivity contribution is 0.581. The number of thiazole rings is 1. The van der Waals surface area contributed by atoms with Crippen LogP contribution in [0.5, 0.6) is 0 Å². The van der Waals surface area contributed by atoms with E-state index < -0.39 is 10.0 Å². The molecule has 21 heavy (non-hydrogen) atoms. The van der Waals surface area contributed by atoms with Gasteiger partial charge >= 0.3 is 0 Å². The van der Waals surface area contributed by atoms with Crippen LogP contribution < -0.4 is 10.0 Å². The summed E-state index contributed by atoms with van der Waals surface area (Å²) in [5.41, 5.74) is 0.914. The van der Waals surface area contributed by atoms with Gasteiger partial charge in [-0.3, -0.25) is 0 Å². The van der Waals surface area contributed by atoms with Gasteiger partial charge in [-0.05, 0) is 37.1 Å². The average molecular weight is 323 g/mol. The van der Waals surface area contributed by atoms with Crippen LogP contribution in [0.4, 0.5) is 5.69 Å². The molecule has 1 saturated carbocycles. The van der Waals surface area contributed by atoms with Crippen molar-refractivity contribution in [3.05, 3.63) is 40.8 Å². The molecule has 1 aliphatic carbocycles. The van der Waals surface area contributed by atoms with Crippen molar-refractivity contribution in [2.24, 2.45) is 0 Å². The molecule has 1 heterocycles. The summed E-state index contributed by atoms with van der Waals surface area (Å²) in [6.07, 6.45) is 4.54. The Morgan fingerprint density at radius 3 is 2.62 bits per heavy atom. The van der Waals surface area contributed by atoms with E-state index in [9.17, 15) is 8.42 Å². The van der Waals surface area contributed by atoms with Crippen molar-refractivity contribution in [2.75, 3.05) is 11.9 Å². The van der Waals surface area contributed by atoms with Crippen molar-refractivity contribution in [2.45, 2.75) is 30.2 Å². The second-order valence-electron chi connectivity index (χ2n) is 5.02. The molecule has 0 saturated heterocycles. The van der Waals surface area contributed by atoms with E-state index in [0.29, 0.717) is 4.90 Å². The Labute approximate surface area is 128 Å². The van der Waals surface area contributed by atoms with Crippen molar-refractivity contribution >= 4 is 27.0 Å². The van der Waals surface area contributed by atoms with Crippen LogP contribution >= 0.6 is 11.3 Å². The van der Waals surface area contributed by atoms with Crippen LogP contribution in [0.15, 0.2) is 40.7 Å². The Morgan fingerprint density at radius 2 is 2.00 bits per heavy atom. The van der Waals surface area contributed by atoms with Gasteiger partial charge in [0.1, 0.15) is 0 Å². The Bertz CT molecular complexity index is 678. The molecule has 0 spiro atoms. The van der Waals surface area contributed by atoms with Crippen molar-refractivity contribution < 1.29 is 8.42 Å². The number of benzene rings is 1. The summed E-state index contributed by atoms with van der Waals surface area (Å²) in [4.78, 5) is 4.54. The maximum Gasteiger partial charge on any atom is 0.240 e. The van der Waals surface area contributed by atoms with E-state index in [0.717, 1.165) is 36.5 Å². The second-order valence-corrected chi connectivity index (χ2v) is 7.72. The van der Waals surface area contributed by atoms with Crippen LogP contribution in [-0.2, 0) is 16.4 Å². The highest BCUT2D eigenvalue weighted by atomic mass is 32.2. The summed E-state index contributed by atoms with van der Waals surface area (Å²) in [6.45, 7) is 0.778. The maximum absolute atomic E-state index is 12.0. The second kappa shape index (κ2) is 6.13. The third-order valence-electron chi connectivity index (χ3n) is 3.22. The molecule has 1 fully saturated rings. The van der Waals surface area contributed by atoms with Gasteiger partial charge in [-0.1, -0.05) is 0 Å². The Kier molecular flexibility index (Phi) is 4.23. The Hall–Kier alpha value is -1.44. The highest BCUT2D eigenvalue weighted by Gasteiger charge is 2.27. The van der Waals surface area contributed by atoms with Gasteiger partial charge in [0.25, 0.3) is 0 Å². The number of anilines is 1. The normalized spacial score (nSPS) is 15.0. The van der Waals surface area contributed by atoms with Crippen LogP contribution in [-0.4, -0.2) is 26.0 Å². The highest BCUT2D eigenvalue weighted by molar-refractivity contribution is 7.89. The predicted molar refractivity (Wildman–Crippen MR) is 84.1 cm³/mol. The summed E-state index contributed by atoms with van der Waals surface area (Å²) in [6, 6.07) is 6.99. The van der Waals surface area contributed by atoms with Crippen LogP contribution in [0.3, 0.4) is 0 Å². The fourth-order valence-electron chi connectivity index (χ4n) is 1.93. The lowest BCUT2D eigenvalue weighted by Gasteiger charge is -2.08. The van der Waals surface area contributed by atoms with Crippen molar-refractivity contribution in [1.29, 1.82) is 0 Å². The first-order valence-corrected chi connectivity index (χ1v) is 9.24. The zero-order chi connectivity index (χ0) is 14.7. The number of rotatable bonds is 7. The van der Waals surface area contributed by atoms with E-state index in [1.807, 2.05) is 5.38 Å². The van der Waals surface area contributed by atoms with Gasteiger partial charge in [-0.15, -0.1) is 11.3 Å². The molecule has 5 nitrogen and oxygen atoms in total. The molecule has 2 aromatic rings. The zero-order valence-corrected chi connectivity index (χ0v) is 13.1. The number of hydrogen-bond donors (Lipinski definition) is 2. The summed E-state index contributed by atoms with van der Waals surface area (Å²) < 4.78 is 26.7. The van der Waals surface area contributed by atoms with Gasteiger partial charge in [0, 0.05) is 36.3 Å². The molecule has 3 rings (SSSR count). The van der Waals surface area contributed by atoms with Gasteiger partial charge in [-0.2, -0.15) is 0 Å². The SMILES string of the molecule is O=S(=O)(NC1CC1)c1ccc(NCCc2nccs2)cc1. The van der Waals surface area contributed by atoms with Crippen LogP contribution in [0.25, 0.3) is 0 Å². The molecular formula is C14H17N3O2S2. The smallest absolute Gasteiger partial charge is 0.240 e. The van der Waals surface area contributed by atoms with E-state index >= 15 is 0 Å². The number of sulfonamides is 1. The van der Waals surface area contributed by atoms with Crippen molar-refractivity contribution in [3.8, 4) is 0 Å². The number of nitrogens with one attached hydrogen (secondary N) is 2. The number of nitrogens with zero attached hydrogens (tertiary/aromatic N) is 1. The van der Waals surface area contributed by atoms with Crippen LogP contribution in [0.1, 0.15) is 17.8 Å². The van der Waals surface area contributed by atoms with E-state index in [4.69, 9.17) is 0 Å². The third kappa shape index (κ3) is 4.03. The molecule has 0 amide bonds. The summed E-state index contributed by atoms with van der Waals surface area (Å²) >= 11 is 1.64. The lowest BCUT2D eigenvalue weighted by Crippen LogP contribution is -2.25. The molecule has 1 aliphatic rings. The van der Waals surface area contributed by atoms with Crippen LogP contribution in [0, 0.1) is 0 Å². The first kappa shape index (κ1) is 14.5. The predicted octanol–water partition coefficient (Wildman–Crippen LogP) is 2.24. The summed E-state index contributed by atoms with van der Waals surface area (Å²) in [7, 11) is -3.36. The quantitative estimate of drug-likeness (QED) is 0.820. The van der Waals surface area contributed by atoms with Crippen molar-refractivity contribution in [3.63, 3.8) is 0 Å². The van der Waals surface area contributed by atoms with E-state index in [-0.39, 0.29) is 6.04 Å². The first-order chi connectivity index (χ1) is 10.1. The molecule has 1 aromatic heterocycles. The van der Waals surface area contributed by atoms with E-state index in [1.54, 1.807) is 41.8 Å². The minimum Gasteiger partial charge on any atom is -0.385 e. The van der Waals surface area contributed by atoms with Gasteiger partial charge in [0.2, 0.25) is 10.0 Å². The molecule has 7 heteroatoms. The molecule has 112 valence electrons. The largest absolute Gasteiger partial charge is 0.385 e. The fraction of sp³-hybridized carbons (Fsp3) is 0.357. The highest BCUT2D eigenvalue weighted by Crippen LogP contribution is 2.22. The zero-order valence-electron chi connectivity index (χ0n) is 11.5. The number of hydrogen-bond acceptors (Lipinski definition) is 5. The molecule has 1 aromatic carbocycles. The fourth-order valence-corrected chi connectivity index (χ4v) is 3.86. The maximum atomic E-state index is 12.0. The molecular weight excluding hydrogens is 306 g/mol. The molecule has 0 bridgehead atoms. The summed E-state index contributed by atoms with van der Waals surface area (Å²) in [5, 5.41) is 6.32. The average Bonchev–Trinajstić information content (AvgIpc) is 3.11.